The molecule has 1 aromatic heterocycles. The second-order valence-corrected chi connectivity index (χ2v) is 3.46. The van der Waals surface area contributed by atoms with Crippen molar-refractivity contribution in [3.63, 3.8) is 0 Å². The summed E-state index contributed by atoms with van der Waals surface area (Å²) in [4.78, 5) is 16.4. The quantitative estimate of drug-likeness (QED) is 0.821. The zero-order valence-electron chi connectivity index (χ0n) is 9.56. The molecule has 2 aromatic rings. The van der Waals surface area contributed by atoms with E-state index in [4.69, 9.17) is 4.52 Å². The van der Waals surface area contributed by atoms with Crippen molar-refractivity contribution in [2.24, 2.45) is 0 Å². The fraction of sp³-hybridized carbons (Fsp3) is 0.167. The lowest BCUT2D eigenvalue weighted by Gasteiger charge is -2.02. The van der Waals surface area contributed by atoms with Crippen molar-refractivity contribution in [3.05, 3.63) is 41.7 Å². The molecule has 0 saturated heterocycles. The third-order valence-corrected chi connectivity index (χ3v) is 2.33. The average Bonchev–Trinajstić information content (AvgIpc) is 2.73. The van der Waals surface area contributed by atoms with Crippen LogP contribution >= 0.6 is 0 Å². The molecule has 5 heteroatoms. The molecule has 5 nitrogen and oxygen atoms in total. The van der Waals surface area contributed by atoms with Gasteiger partial charge >= 0.3 is 0 Å². The first-order chi connectivity index (χ1) is 8.24. The lowest BCUT2D eigenvalue weighted by Crippen LogP contribution is -2.22. The third kappa shape index (κ3) is 2.19. The molecule has 2 rings (SSSR count). The second kappa shape index (κ2) is 4.80. The van der Waals surface area contributed by atoms with E-state index in [2.05, 4.69) is 15.5 Å². The molecule has 0 bridgehead atoms. The Bertz CT molecular complexity index is 520. The molecular weight excluding hydrogens is 220 g/mol. The summed E-state index contributed by atoms with van der Waals surface area (Å²) < 4.78 is 5.05. The van der Waals surface area contributed by atoms with E-state index in [9.17, 15) is 4.79 Å². The van der Waals surface area contributed by atoms with Crippen molar-refractivity contribution >= 4 is 5.91 Å². The normalized spacial score (nSPS) is 10.2. The first kappa shape index (κ1) is 11.3. The molecule has 0 unspecified atom stereocenters. The van der Waals surface area contributed by atoms with E-state index in [1.54, 1.807) is 6.92 Å². The van der Waals surface area contributed by atoms with E-state index in [1.165, 1.54) is 7.11 Å². The first-order valence-corrected chi connectivity index (χ1v) is 5.09. The molecule has 0 spiro atoms. The first-order valence-electron chi connectivity index (χ1n) is 5.09. The molecular formula is C12H12N2O3. The van der Waals surface area contributed by atoms with Crippen LogP contribution in [-0.4, -0.2) is 18.2 Å². The zero-order chi connectivity index (χ0) is 12.3. The molecule has 17 heavy (non-hydrogen) atoms. The highest BCUT2D eigenvalue weighted by molar-refractivity contribution is 6.00. The summed E-state index contributed by atoms with van der Waals surface area (Å²) in [7, 11) is 1.38. The van der Waals surface area contributed by atoms with Gasteiger partial charge in [-0.15, -0.1) is 0 Å². The van der Waals surface area contributed by atoms with Crippen molar-refractivity contribution in [3.8, 4) is 11.3 Å². The van der Waals surface area contributed by atoms with Gasteiger partial charge in [-0.2, -0.15) is 0 Å². The number of carbonyl (C=O) groups excluding carboxylic acids is 1. The van der Waals surface area contributed by atoms with Gasteiger partial charge < -0.3 is 4.52 Å². The number of hydroxylamine groups is 1. The standard InChI is InChI=1S/C12H12N2O3/c1-8-10(12(15)14-16-2)11(13-17-8)9-6-4-3-5-7-9/h3-7H,1-2H3,(H,14,15). The van der Waals surface area contributed by atoms with Crippen LogP contribution in [0.1, 0.15) is 16.1 Å². The van der Waals surface area contributed by atoms with Gasteiger partial charge in [0.2, 0.25) is 0 Å². The maximum atomic E-state index is 11.8. The van der Waals surface area contributed by atoms with Crippen LogP contribution in [0.5, 0.6) is 0 Å². The van der Waals surface area contributed by atoms with E-state index in [1.807, 2.05) is 30.3 Å². The molecule has 1 heterocycles. The highest BCUT2D eigenvalue weighted by Gasteiger charge is 2.21. The summed E-state index contributed by atoms with van der Waals surface area (Å²) in [5, 5.41) is 3.90. The van der Waals surface area contributed by atoms with Gasteiger partial charge in [-0.25, -0.2) is 5.48 Å². The van der Waals surface area contributed by atoms with Gasteiger partial charge in [0.1, 0.15) is 17.0 Å². The molecule has 0 atom stereocenters. The number of aromatic nitrogens is 1. The van der Waals surface area contributed by atoms with Crippen LogP contribution in [0, 0.1) is 6.92 Å². The minimum Gasteiger partial charge on any atom is -0.360 e. The fourth-order valence-corrected chi connectivity index (χ4v) is 1.58. The van der Waals surface area contributed by atoms with Crippen molar-refractivity contribution in [2.75, 3.05) is 7.11 Å². The minimum atomic E-state index is -0.370. The Balaban J connectivity index is 2.46. The largest absolute Gasteiger partial charge is 0.360 e. The van der Waals surface area contributed by atoms with Crippen molar-refractivity contribution in [1.29, 1.82) is 0 Å². The molecule has 0 radical (unpaired) electrons. The van der Waals surface area contributed by atoms with Crippen LogP contribution in [0.3, 0.4) is 0 Å². The van der Waals surface area contributed by atoms with Crippen molar-refractivity contribution < 1.29 is 14.2 Å². The van der Waals surface area contributed by atoms with Gasteiger partial charge in [-0.3, -0.25) is 9.63 Å². The van der Waals surface area contributed by atoms with Gasteiger partial charge in [0.05, 0.1) is 7.11 Å². The molecule has 0 fully saturated rings. The van der Waals surface area contributed by atoms with E-state index in [0.717, 1.165) is 5.56 Å². The number of nitrogens with zero attached hydrogens (tertiary/aromatic N) is 1. The van der Waals surface area contributed by atoms with Gasteiger partial charge in [-0.1, -0.05) is 35.5 Å². The smallest absolute Gasteiger partial charge is 0.280 e. The lowest BCUT2D eigenvalue weighted by molar-refractivity contribution is 0.0536. The van der Waals surface area contributed by atoms with E-state index < -0.39 is 0 Å². The molecule has 1 amide bonds. The summed E-state index contributed by atoms with van der Waals surface area (Å²) >= 11 is 0. The Morgan fingerprint density at radius 2 is 2.06 bits per heavy atom. The van der Waals surface area contributed by atoms with Crippen LogP contribution in [0.15, 0.2) is 34.9 Å². The van der Waals surface area contributed by atoms with Gasteiger partial charge in [0.25, 0.3) is 5.91 Å². The highest BCUT2D eigenvalue weighted by atomic mass is 16.6. The maximum absolute atomic E-state index is 11.8. The number of carbonyl (C=O) groups is 1. The average molecular weight is 232 g/mol. The van der Waals surface area contributed by atoms with Crippen molar-refractivity contribution in [2.45, 2.75) is 6.92 Å². The molecule has 88 valence electrons. The van der Waals surface area contributed by atoms with Crippen molar-refractivity contribution in [1.82, 2.24) is 10.6 Å². The van der Waals surface area contributed by atoms with Gasteiger partial charge in [0, 0.05) is 5.56 Å². The van der Waals surface area contributed by atoms with Crippen LogP contribution in [0.25, 0.3) is 11.3 Å². The van der Waals surface area contributed by atoms with E-state index in [0.29, 0.717) is 17.0 Å². The Hall–Kier alpha value is -2.14. The molecule has 1 N–H and O–H groups in total. The summed E-state index contributed by atoms with van der Waals surface area (Å²) in [6.45, 7) is 1.68. The predicted octanol–water partition coefficient (Wildman–Crippen LogP) is 1.94. The number of benzene rings is 1. The number of hydrogen-bond acceptors (Lipinski definition) is 4. The highest BCUT2D eigenvalue weighted by Crippen LogP contribution is 2.24. The molecule has 0 aliphatic carbocycles. The molecule has 0 saturated carbocycles. The molecule has 0 aliphatic heterocycles. The van der Waals surface area contributed by atoms with E-state index in [-0.39, 0.29) is 5.91 Å². The van der Waals surface area contributed by atoms with Crippen LogP contribution in [-0.2, 0) is 4.84 Å². The second-order valence-electron chi connectivity index (χ2n) is 3.46. The SMILES string of the molecule is CONC(=O)c1c(-c2ccccc2)noc1C. The summed E-state index contributed by atoms with van der Waals surface area (Å²) in [5.74, 6) is 0.0866. The number of aryl methyl sites for hydroxylation is 1. The summed E-state index contributed by atoms with van der Waals surface area (Å²) in [5.41, 5.74) is 3.98. The van der Waals surface area contributed by atoms with Gasteiger partial charge in [0.15, 0.2) is 0 Å². The number of amides is 1. The zero-order valence-corrected chi connectivity index (χ0v) is 9.56. The Kier molecular flexibility index (Phi) is 3.20. The maximum Gasteiger partial charge on any atom is 0.280 e. The Morgan fingerprint density at radius 3 is 2.71 bits per heavy atom. The Labute approximate surface area is 98.3 Å². The predicted molar refractivity (Wildman–Crippen MR) is 61.2 cm³/mol. The van der Waals surface area contributed by atoms with Crippen LogP contribution in [0.2, 0.25) is 0 Å². The number of nitrogens with one attached hydrogen (secondary N) is 1. The number of hydrogen-bond donors (Lipinski definition) is 1. The van der Waals surface area contributed by atoms with Gasteiger partial charge in [-0.05, 0) is 6.92 Å². The lowest BCUT2D eigenvalue weighted by atomic mass is 10.1. The summed E-state index contributed by atoms with van der Waals surface area (Å²) in [6, 6.07) is 9.36. The third-order valence-electron chi connectivity index (χ3n) is 2.33. The van der Waals surface area contributed by atoms with Crippen LogP contribution < -0.4 is 5.48 Å². The minimum absolute atomic E-state index is 0.370. The monoisotopic (exact) mass is 232 g/mol. The number of rotatable bonds is 3. The van der Waals surface area contributed by atoms with Crippen LogP contribution in [0.4, 0.5) is 0 Å². The van der Waals surface area contributed by atoms with E-state index >= 15 is 0 Å². The molecule has 0 aliphatic rings. The fourth-order valence-electron chi connectivity index (χ4n) is 1.58. The Morgan fingerprint density at radius 1 is 1.35 bits per heavy atom. The molecule has 1 aromatic carbocycles. The topological polar surface area (TPSA) is 64.4 Å². The summed E-state index contributed by atoms with van der Waals surface area (Å²) in [6.07, 6.45) is 0.